The van der Waals surface area contributed by atoms with Gasteiger partial charge in [0.1, 0.15) is 5.75 Å². The fraction of sp³-hybridized carbons (Fsp3) is 0.684. The first kappa shape index (κ1) is 16.4. The maximum atomic E-state index is 5.98. The molecule has 0 amide bonds. The molecule has 1 aliphatic rings. The number of hydrogen-bond acceptors (Lipinski definition) is 2. The summed E-state index contributed by atoms with van der Waals surface area (Å²) in [6.07, 6.45) is 9.94. The topological polar surface area (TPSA) is 21.3 Å². The van der Waals surface area contributed by atoms with Crippen molar-refractivity contribution in [1.29, 1.82) is 0 Å². The number of hydrogen-bond donors (Lipinski definition) is 1. The van der Waals surface area contributed by atoms with Crippen LogP contribution >= 0.6 is 0 Å². The molecule has 2 rings (SSSR count). The Bertz CT molecular complexity index is 410. The van der Waals surface area contributed by atoms with Crippen LogP contribution in [0, 0.1) is 5.92 Å². The predicted octanol–water partition coefficient (Wildman–Crippen LogP) is 5.09. The zero-order valence-electron chi connectivity index (χ0n) is 13.9. The van der Waals surface area contributed by atoms with Crippen LogP contribution in [0.2, 0.25) is 0 Å². The Morgan fingerprint density at radius 1 is 1.14 bits per heavy atom. The monoisotopic (exact) mass is 289 g/mol. The molecule has 0 saturated heterocycles. The van der Waals surface area contributed by atoms with Gasteiger partial charge in [0.15, 0.2) is 0 Å². The van der Waals surface area contributed by atoms with Crippen LogP contribution in [0.1, 0.15) is 70.4 Å². The first-order valence-corrected chi connectivity index (χ1v) is 8.63. The Balaban J connectivity index is 1.99. The molecule has 118 valence electrons. The third kappa shape index (κ3) is 5.03. The lowest BCUT2D eigenvalue weighted by atomic mass is 9.84. The Morgan fingerprint density at radius 3 is 2.52 bits per heavy atom. The molecular formula is C19H31NO. The highest BCUT2D eigenvalue weighted by Crippen LogP contribution is 2.33. The van der Waals surface area contributed by atoms with Crippen molar-refractivity contribution in [3.05, 3.63) is 29.8 Å². The van der Waals surface area contributed by atoms with Crippen LogP contribution in [0.5, 0.6) is 5.75 Å². The van der Waals surface area contributed by atoms with Gasteiger partial charge >= 0.3 is 0 Å². The van der Waals surface area contributed by atoms with E-state index >= 15 is 0 Å². The molecule has 1 unspecified atom stereocenters. The van der Waals surface area contributed by atoms with Gasteiger partial charge in [0.05, 0.1) is 6.10 Å². The molecule has 0 aliphatic heterocycles. The summed E-state index contributed by atoms with van der Waals surface area (Å²) in [6.45, 7) is 4.18. The highest BCUT2D eigenvalue weighted by molar-refractivity contribution is 5.36. The van der Waals surface area contributed by atoms with Crippen molar-refractivity contribution >= 4 is 0 Å². The normalized spacial score (nSPS) is 17.9. The van der Waals surface area contributed by atoms with Gasteiger partial charge in [-0.1, -0.05) is 50.3 Å². The summed E-state index contributed by atoms with van der Waals surface area (Å²) < 4.78 is 5.98. The Kier molecular flexibility index (Phi) is 6.56. The summed E-state index contributed by atoms with van der Waals surface area (Å²) in [5, 5.41) is 3.49. The lowest BCUT2D eigenvalue weighted by Crippen LogP contribution is -2.20. The number of ether oxygens (including phenoxy) is 1. The maximum absolute atomic E-state index is 5.98. The van der Waals surface area contributed by atoms with Crippen molar-refractivity contribution < 1.29 is 4.74 Å². The maximum Gasteiger partial charge on any atom is 0.124 e. The summed E-state index contributed by atoms with van der Waals surface area (Å²) in [7, 11) is 2.07. The van der Waals surface area contributed by atoms with E-state index in [2.05, 4.69) is 50.5 Å². The van der Waals surface area contributed by atoms with Crippen molar-refractivity contribution in [2.24, 2.45) is 5.92 Å². The predicted molar refractivity (Wildman–Crippen MR) is 89.8 cm³/mol. The molecule has 1 atom stereocenters. The molecule has 0 radical (unpaired) electrons. The minimum absolute atomic E-state index is 0.224. The molecule has 21 heavy (non-hydrogen) atoms. The minimum Gasteiger partial charge on any atom is -0.491 e. The molecule has 0 aromatic heterocycles. The Morgan fingerprint density at radius 2 is 1.86 bits per heavy atom. The summed E-state index contributed by atoms with van der Waals surface area (Å²) >= 11 is 0. The second kappa shape index (κ2) is 8.43. The summed E-state index contributed by atoms with van der Waals surface area (Å²) in [4.78, 5) is 0. The van der Waals surface area contributed by atoms with E-state index < -0.39 is 0 Å². The molecular weight excluding hydrogens is 258 g/mol. The van der Waals surface area contributed by atoms with Crippen LogP contribution < -0.4 is 10.1 Å². The Labute approximate surface area is 130 Å². The van der Waals surface area contributed by atoms with Gasteiger partial charge in [-0.25, -0.2) is 0 Å². The van der Waals surface area contributed by atoms with Crippen LogP contribution in [0.15, 0.2) is 24.3 Å². The van der Waals surface area contributed by atoms with E-state index in [1.54, 1.807) is 0 Å². The van der Waals surface area contributed by atoms with Crippen LogP contribution in [0.25, 0.3) is 0 Å². The number of rotatable bonds is 7. The molecule has 1 aromatic rings. The first-order chi connectivity index (χ1) is 10.2. The molecule has 0 bridgehead atoms. The van der Waals surface area contributed by atoms with Gasteiger partial charge in [-0.2, -0.15) is 0 Å². The van der Waals surface area contributed by atoms with Crippen LogP contribution in [0.4, 0.5) is 0 Å². The minimum atomic E-state index is 0.224. The average molecular weight is 289 g/mol. The van der Waals surface area contributed by atoms with Gasteiger partial charge < -0.3 is 10.1 Å². The molecule has 0 heterocycles. The van der Waals surface area contributed by atoms with Gasteiger partial charge in [-0.15, -0.1) is 0 Å². The smallest absolute Gasteiger partial charge is 0.124 e. The van der Waals surface area contributed by atoms with Gasteiger partial charge in [0.2, 0.25) is 0 Å². The van der Waals surface area contributed by atoms with Crippen LogP contribution in [-0.2, 0) is 0 Å². The van der Waals surface area contributed by atoms with Gasteiger partial charge in [0, 0.05) is 11.6 Å². The van der Waals surface area contributed by atoms with Crippen molar-refractivity contribution in [1.82, 2.24) is 5.32 Å². The van der Waals surface area contributed by atoms with Crippen molar-refractivity contribution in [2.45, 2.75) is 70.9 Å². The number of nitrogens with one attached hydrogen (secondary N) is 1. The molecule has 2 heteroatoms. The zero-order valence-corrected chi connectivity index (χ0v) is 13.9. The van der Waals surface area contributed by atoms with E-state index in [1.807, 2.05) is 0 Å². The molecule has 0 spiro atoms. The van der Waals surface area contributed by atoms with Gasteiger partial charge in [0.25, 0.3) is 0 Å². The fourth-order valence-corrected chi connectivity index (χ4v) is 3.46. The molecule has 2 nitrogen and oxygen atoms in total. The molecule has 1 saturated carbocycles. The fourth-order valence-electron chi connectivity index (χ4n) is 3.46. The molecule has 1 aliphatic carbocycles. The molecule has 1 aromatic carbocycles. The Hall–Kier alpha value is -1.02. The van der Waals surface area contributed by atoms with E-state index in [4.69, 9.17) is 4.74 Å². The van der Waals surface area contributed by atoms with E-state index in [0.29, 0.717) is 6.04 Å². The van der Waals surface area contributed by atoms with Crippen molar-refractivity contribution in [3.8, 4) is 5.75 Å². The van der Waals surface area contributed by atoms with E-state index in [-0.39, 0.29) is 6.10 Å². The van der Waals surface area contributed by atoms with Crippen LogP contribution in [-0.4, -0.2) is 13.2 Å². The van der Waals surface area contributed by atoms with Crippen molar-refractivity contribution in [3.63, 3.8) is 0 Å². The van der Waals surface area contributed by atoms with Gasteiger partial charge in [-0.05, 0) is 45.7 Å². The SMILES string of the molecule is CNC(CCC1CCCCC1)c1ccccc1OC(C)C. The van der Waals surface area contributed by atoms with Crippen molar-refractivity contribution in [2.75, 3.05) is 7.05 Å². The zero-order chi connectivity index (χ0) is 15.1. The number of benzene rings is 1. The second-order valence-corrected chi connectivity index (χ2v) is 6.63. The molecule has 1 N–H and O–H groups in total. The molecule has 1 fully saturated rings. The summed E-state index contributed by atoms with van der Waals surface area (Å²) in [6, 6.07) is 8.89. The largest absolute Gasteiger partial charge is 0.491 e. The third-order valence-corrected chi connectivity index (χ3v) is 4.59. The van der Waals surface area contributed by atoms with E-state index in [9.17, 15) is 0 Å². The van der Waals surface area contributed by atoms with Crippen LogP contribution in [0.3, 0.4) is 0 Å². The van der Waals surface area contributed by atoms with E-state index in [1.165, 1.54) is 50.5 Å². The standard InChI is InChI=1S/C19H31NO/c1-15(2)21-19-12-8-7-11-17(19)18(20-3)14-13-16-9-5-4-6-10-16/h7-8,11-12,15-16,18,20H,4-6,9-10,13-14H2,1-3H3. The van der Waals surface area contributed by atoms with E-state index in [0.717, 1.165) is 11.7 Å². The quantitative estimate of drug-likeness (QED) is 0.754. The lowest BCUT2D eigenvalue weighted by Gasteiger charge is -2.25. The highest BCUT2D eigenvalue weighted by Gasteiger charge is 2.19. The lowest BCUT2D eigenvalue weighted by molar-refractivity contribution is 0.236. The first-order valence-electron chi connectivity index (χ1n) is 8.63. The third-order valence-electron chi connectivity index (χ3n) is 4.59. The average Bonchev–Trinajstić information content (AvgIpc) is 2.50. The summed E-state index contributed by atoms with van der Waals surface area (Å²) in [5.74, 6) is 1.98. The van der Waals surface area contributed by atoms with Gasteiger partial charge in [-0.3, -0.25) is 0 Å². The second-order valence-electron chi connectivity index (χ2n) is 6.63. The highest BCUT2D eigenvalue weighted by atomic mass is 16.5. The number of para-hydroxylation sites is 1. The summed E-state index contributed by atoms with van der Waals surface area (Å²) in [5.41, 5.74) is 1.31.